The minimum atomic E-state index is -0.237. The van der Waals surface area contributed by atoms with E-state index in [0.29, 0.717) is 17.7 Å². The van der Waals surface area contributed by atoms with E-state index < -0.39 is 0 Å². The van der Waals surface area contributed by atoms with Gasteiger partial charge in [-0.25, -0.2) is 4.98 Å². The molecule has 2 aromatic heterocycles. The second-order valence-corrected chi connectivity index (χ2v) is 4.42. The highest BCUT2D eigenvalue weighted by molar-refractivity contribution is 5.70. The monoisotopic (exact) mass is 270 g/mol. The number of anilines is 1. The number of nitrogens with zero attached hydrogens (tertiary/aromatic N) is 4. The summed E-state index contributed by atoms with van der Waals surface area (Å²) in [6.45, 7) is 0.535. The van der Waals surface area contributed by atoms with E-state index in [1.54, 1.807) is 4.57 Å². The van der Waals surface area contributed by atoms with Crippen molar-refractivity contribution in [1.82, 2.24) is 19.1 Å². The number of nitrogens with two attached hydrogens (primary N) is 2. The van der Waals surface area contributed by atoms with Gasteiger partial charge < -0.3 is 16.0 Å². The highest BCUT2D eigenvalue weighted by Crippen LogP contribution is 2.09. The van der Waals surface area contributed by atoms with Crippen LogP contribution in [-0.2, 0) is 13.2 Å². The minimum Gasteiger partial charge on any atom is -0.369 e. The number of rotatable bonds is 3. The predicted molar refractivity (Wildman–Crippen MR) is 75.9 cm³/mol. The number of benzene rings is 1. The summed E-state index contributed by atoms with van der Waals surface area (Å²) in [5.41, 5.74) is 12.9. The van der Waals surface area contributed by atoms with Gasteiger partial charge in [0, 0.05) is 0 Å². The summed E-state index contributed by atoms with van der Waals surface area (Å²) in [4.78, 5) is 20.7. The van der Waals surface area contributed by atoms with Crippen molar-refractivity contribution in [2.45, 2.75) is 13.2 Å². The van der Waals surface area contributed by atoms with Gasteiger partial charge in [0.15, 0.2) is 11.2 Å². The Labute approximate surface area is 114 Å². The maximum absolute atomic E-state index is 12.5. The fraction of sp³-hybridized carbons (Fsp3) is 0.154. The van der Waals surface area contributed by atoms with E-state index in [0.717, 1.165) is 5.56 Å². The van der Waals surface area contributed by atoms with E-state index in [4.69, 9.17) is 11.5 Å². The van der Waals surface area contributed by atoms with Crippen LogP contribution in [0.25, 0.3) is 11.2 Å². The third-order valence-electron chi connectivity index (χ3n) is 3.14. The molecule has 2 heterocycles. The predicted octanol–water partition coefficient (Wildman–Crippen LogP) is 0.140. The Morgan fingerprint density at radius 3 is 2.65 bits per heavy atom. The molecule has 102 valence electrons. The van der Waals surface area contributed by atoms with Crippen LogP contribution in [0.2, 0.25) is 0 Å². The van der Waals surface area contributed by atoms with Crippen molar-refractivity contribution in [1.29, 1.82) is 0 Å². The van der Waals surface area contributed by atoms with Crippen molar-refractivity contribution in [2.75, 3.05) is 5.73 Å². The maximum atomic E-state index is 12.5. The lowest BCUT2D eigenvalue weighted by atomic mass is 10.2. The summed E-state index contributed by atoms with van der Waals surface area (Å²) in [5, 5.41) is 0. The first-order valence-electron chi connectivity index (χ1n) is 6.16. The Bertz CT molecular complexity index is 805. The van der Waals surface area contributed by atoms with Gasteiger partial charge in [-0.3, -0.25) is 9.36 Å². The Morgan fingerprint density at radius 2 is 1.95 bits per heavy atom. The molecule has 0 unspecified atom stereocenters. The Kier molecular flexibility index (Phi) is 2.96. The zero-order valence-corrected chi connectivity index (χ0v) is 10.7. The number of nitrogen functional groups attached to an aromatic ring is 1. The molecule has 0 bridgehead atoms. The molecule has 0 spiro atoms. The summed E-state index contributed by atoms with van der Waals surface area (Å²) in [6, 6.07) is 9.59. The smallest absolute Gasteiger partial charge is 0.281 e. The summed E-state index contributed by atoms with van der Waals surface area (Å²) >= 11 is 0. The second-order valence-electron chi connectivity index (χ2n) is 4.42. The number of hydrogen-bond acceptors (Lipinski definition) is 5. The first kappa shape index (κ1) is 12.4. The minimum absolute atomic E-state index is 0.147. The van der Waals surface area contributed by atoms with Crippen LogP contribution in [0.3, 0.4) is 0 Å². The van der Waals surface area contributed by atoms with Gasteiger partial charge in [0.25, 0.3) is 5.56 Å². The molecule has 7 heteroatoms. The lowest BCUT2D eigenvalue weighted by molar-refractivity contribution is 0.726. The van der Waals surface area contributed by atoms with Crippen LogP contribution in [0, 0.1) is 0 Å². The Balaban J connectivity index is 2.18. The van der Waals surface area contributed by atoms with Gasteiger partial charge in [-0.05, 0) is 5.56 Å². The molecule has 0 saturated carbocycles. The summed E-state index contributed by atoms with van der Waals surface area (Å²) in [5.74, 6) is 0.147. The number of fused-ring (bicyclic) bond motifs is 1. The summed E-state index contributed by atoms with van der Waals surface area (Å²) in [7, 11) is 0. The van der Waals surface area contributed by atoms with Crippen molar-refractivity contribution in [3.05, 3.63) is 52.6 Å². The van der Waals surface area contributed by atoms with Crippen LogP contribution in [0.1, 0.15) is 5.56 Å². The van der Waals surface area contributed by atoms with Gasteiger partial charge in [-0.1, -0.05) is 30.3 Å². The molecular weight excluding hydrogens is 256 g/mol. The van der Waals surface area contributed by atoms with Crippen molar-refractivity contribution in [2.24, 2.45) is 5.73 Å². The lowest BCUT2D eigenvalue weighted by Crippen LogP contribution is -2.27. The molecule has 7 nitrogen and oxygen atoms in total. The lowest BCUT2D eigenvalue weighted by Gasteiger charge is -2.09. The molecule has 0 saturated heterocycles. The Hall–Kier alpha value is -2.67. The second kappa shape index (κ2) is 4.78. The van der Waals surface area contributed by atoms with Gasteiger partial charge in [0.2, 0.25) is 5.95 Å². The van der Waals surface area contributed by atoms with Crippen LogP contribution in [0.15, 0.2) is 41.5 Å². The Morgan fingerprint density at radius 1 is 1.20 bits per heavy atom. The zero-order valence-electron chi connectivity index (χ0n) is 10.7. The van der Waals surface area contributed by atoms with Gasteiger partial charge in [-0.15, -0.1) is 0 Å². The number of aromatic nitrogens is 4. The van der Waals surface area contributed by atoms with Crippen molar-refractivity contribution in [3.63, 3.8) is 0 Å². The fourth-order valence-electron chi connectivity index (χ4n) is 2.13. The molecule has 1 aromatic carbocycles. The normalized spacial score (nSPS) is 11.1. The van der Waals surface area contributed by atoms with Gasteiger partial charge in [-0.2, -0.15) is 4.98 Å². The van der Waals surface area contributed by atoms with Crippen molar-refractivity contribution < 1.29 is 0 Å². The van der Waals surface area contributed by atoms with Crippen LogP contribution in [-0.4, -0.2) is 19.1 Å². The van der Waals surface area contributed by atoms with Gasteiger partial charge in [0.1, 0.15) is 0 Å². The number of imidazole rings is 1. The molecule has 0 aliphatic carbocycles. The molecular formula is C13H14N6O. The molecule has 0 fully saturated rings. The van der Waals surface area contributed by atoms with E-state index in [9.17, 15) is 4.79 Å². The molecule has 0 atom stereocenters. The van der Waals surface area contributed by atoms with E-state index in [-0.39, 0.29) is 18.2 Å². The van der Waals surface area contributed by atoms with Crippen LogP contribution >= 0.6 is 0 Å². The molecule has 0 aliphatic heterocycles. The zero-order chi connectivity index (χ0) is 14.1. The quantitative estimate of drug-likeness (QED) is 0.704. The SMILES string of the molecule is NCn1cnc2nc(N)n(Cc3ccccc3)c(=O)c21. The molecule has 0 aliphatic rings. The highest BCUT2D eigenvalue weighted by atomic mass is 16.1. The van der Waals surface area contributed by atoms with E-state index in [1.807, 2.05) is 30.3 Å². The number of hydrogen-bond donors (Lipinski definition) is 2. The summed E-state index contributed by atoms with van der Waals surface area (Å²) in [6.07, 6.45) is 1.49. The first-order valence-corrected chi connectivity index (χ1v) is 6.16. The third-order valence-corrected chi connectivity index (χ3v) is 3.14. The third kappa shape index (κ3) is 1.94. The molecule has 0 radical (unpaired) electrons. The molecule has 20 heavy (non-hydrogen) atoms. The average molecular weight is 270 g/mol. The van der Waals surface area contributed by atoms with Crippen molar-refractivity contribution in [3.8, 4) is 0 Å². The molecule has 4 N–H and O–H groups in total. The molecule has 0 amide bonds. The van der Waals surface area contributed by atoms with Gasteiger partial charge in [0.05, 0.1) is 19.5 Å². The van der Waals surface area contributed by atoms with Crippen LogP contribution < -0.4 is 17.0 Å². The van der Waals surface area contributed by atoms with Crippen molar-refractivity contribution >= 4 is 17.1 Å². The molecule has 3 rings (SSSR count). The van der Waals surface area contributed by atoms with Gasteiger partial charge >= 0.3 is 0 Å². The maximum Gasteiger partial charge on any atom is 0.281 e. The standard InChI is InChI=1S/C13H14N6O/c14-7-18-8-16-11-10(18)12(20)19(13(15)17-11)6-9-4-2-1-3-5-9/h1-5,8H,6-7,14H2,(H2,15,17). The van der Waals surface area contributed by atoms with E-state index in [1.165, 1.54) is 10.9 Å². The van der Waals surface area contributed by atoms with E-state index >= 15 is 0 Å². The summed E-state index contributed by atoms with van der Waals surface area (Å²) < 4.78 is 2.98. The average Bonchev–Trinajstić information content (AvgIpc) is 2.87. The highest BCUT2D eigenvalue weighted by Gasteiger charge is 2.13. The topological polar surface area (TPSA) is 105 Å². The fourth-order valence-corrected chi connectivity index (χ4v) is 2.13. The molecule has 3 aromatic rings. The van der Waals surface area contributed by atoms with Crippen LogP contribution in [0.4, 0.5) is 5.95 Å². The largest absolute Gasteiger partial charge is 0.369 e. The first-order chi connectivity index (χ1) is 9.70. The van der Waals surface area contributed by atoms with E-state index in [2.05, 4.69) is 9.97 Å². The van der Waals surface area contributed by atoms with Crippen LogP contribution in [0.5, 0.6) is 0 Å².